The van der Waals surface area contributed by atoms with Gasteiger partial charge in [-0.15, -0.1) is 0 Å². The Balaban J connectivity index is 1.96. The molecule has 2 N–H and O–H groups in total. The summed E-state index contributed by atoms with van der Waals surface area (Å²) in [7, 11) is 0. The van der Waals surface area contributed by atoms with Crippen molar-refractivity contribution in [2.75, 3.05) is 11.9 Å². The van der Waals surface area contributed by atoms with Gasteiger partial charge in [-0.05, 0) is 37.3 Å². The number of amides is 2. The van der Waals surface area contributed by atoms with Gasteiger partial charge in [0.2, 0.25) is 5.91 Å². The molecular weight excluding hydrogens is 330 g/mol. The van der Waals surface area contributed by atoms with Crippen LogP contribution in [0.5, 0.6) is 5.75 Å². The number of carbonyl (C=O) groups excluding carboxylic acids is 2. The lowest BCUT2D eigenvalue weighted by molar-refractivity contribution is -0.114. The molecular formula is C18H18F2N2O3. The Morgan fingerprint density at radius 2 is 1.92 bits per heavy atom. The van der Waals surface area contributed by atoms with Crippen molar-refractivity contribution in [2.45, 2.75) is 20.0 Å². The van der Waals surface area contributed by atoms with Crippen LogP contribution in [0, 0.1) is 11.6 Å². The molecule has 0 aliphatic rings. The van der Waals surface area contributed by atoms with Gasteiger partial charge in [-0.25, -0.2) is 8.78 Å². The first-order valence-electron chi connectivity index (χ1n) is 7.62. The van der Waals surface area contributed by atoms with Gasteiger partial charge in [0.1, 0.15) is 23.5 Å². The van der Waals surface area contributed by atoms with Gasteiger partial charge in [0.05, 0.1) is 12.1 Å². The summed E-state index contributed by atoms with van der Waals surface area (Å²) < 4.78 is 32.4. The fraction of sp³-hybridized carbons (Fsp3) is 0.222. The quantitative estimate of drug-likeness (QED) is 0.843. The SMILES string of the molecule is CC(=O)Nc1ccc(F)c(C(=O)NCC(C)Oc2cccc(F)c2)c1. The highest BCUT2D eigenvalue weighted by atomic mass is 19.1. The van der Waals surface area contributed by atoms with E-state index < -0.39 is 23.6 Å². The summed E-state index contributed by atoms with van der Waals surface area (Å²) in [5, 5.41) is 5.03. The maximum atomic E-state index is 13.8. The summed E-state index contributed by atoms with van der Waals surface area (Å²) in [6.45, 7) is 3.10. The van der Waals surface area contributed by atoms with Gasteiger partial charge in [-0.3, -0.25) is 9.59 Å². The van der Waals surface area contributed by atoms with Gasteiger partial charge in [0, 0.05) is 18.7 Å². The lowest BCUT2D eigenvalue weighted by Crippen LogP contribution is -2.34. The number of rotatable bonds is 6. The van der Waals surface area contributed by atoms with Gasteiger partial charge in [-0.1, -0.05) is 6.07 Å². The normalized spacial score (nSPS) is 11.5. The first-order valence-corrected chi connectivity index (χ1v) is 7.62. The predicted molar refractivity (Wildman–Crippen MR) is 89.5 cm³/mol. The van der Waals surface area contributed by atoms with Crippen molar-refractivity contribution in [3.8, 4) is 5.75 Å². The van der Waals surface area contributed by atoms with E-state index in [0.29, 0.717) is 11.4 Å². The van der Waals surface area contributed by atoms with Crippen LogP contribution in [0.25, 0.3) is 0 Å². The highest BCUT2D eigenvalue weighted by molar-refractivity contribution is 5.97. The van der Waals surface area contributed by atoms with Crippen LogP contribution in [-0.2, 0) is 4.79 Å². The molecule has 0 spiro atoms. The van der Waals surface area contributed by atoms with E-state index in [1.165, 1.54) is 37.3 Å². The van der Waals surface area contributed by atoms with Crippen LogP contribution in [0.15, 0.2) is 42.5 Å². The average Bonchev–Trinajstić information content (AvgIpc) is 2.54. The molecule has 0 fully saturated rings. The molecule has 0 radical (unpaired) electrons. The highest BCUT2D eigenvalue weighted by Gasteiger charge is 2.14. The minimum Gasteiger partial charge on any atom is -0.489 e. The first-order chi connectivity index (χ1) is 11.8. The first kappa shape index (κ1) is 18.4. The van der Waals surface area contributed by atoms with Crippen LogP contribution in [0.1, 0.15) is 24.2 Å². The Morgan fingerprint density at radius 3 is 2.60 bits per heavy atom. The third-order valence-corrected chi connectivity index (χ3v) is 3.21. The third-order valence-electron chi connectivity index (χ3n) is 3.21. The number of benzene rings is 2. The largest absolute Gasteiger partial charge is 0.489 e. The molecule has 1 unspecified atom stereocenters. The lowest BCUT2D eigenvalue weighted by Gasteiger charge is -2.16. The molecule has 0 aliphatic carbocycles. The van der Waals surface area contributed by atoms with Crippen molar-refractivity contribution in [3.05, 3.63) is 59.7 Å². The summed E-state index contributed by atoms with van der Waals surface area (Å²) in [6.07, 6.45) is -0.452. The zero-order chi connectivity index (χ0) is 18.4. The summed E-state index contributed by atoms with van der Waals surface area (Å²) in [5.74, 6) is -1.76. The number of nitrogens with one attached hydrogen (secondary N) is 2. The van der Waals surface area contributed by atoms with E-state index in [2.05, 4.69) is 10.6 Å². The molecule has 0 aromatic heterocycles. The van der Waals surface area contributed by atoms with E-state index in [0.717, 1.165) is 6.07 Å². The Kier molecular flexibility index (Phi) is 6.05. The van der Waals surface area contributed by atoms with Gasteiger partial charge >= 0.3 is 0 Å². The second-order valence-electron chi connectivity index (χ2n) is 5.47. The fourth-order valence-electron chi connectivity index (χ4n) is 2.13. The summed E-state index contributed by atoms with van der Waals surface area (Å²) in [5.41, 5.74) is 0.132. The van der Waals surface area contributed by atoms with Crippen molar-refractivity contribution in [3.63, 3.8) is 0 Å². The van der Waals surface area contributed by atoms with Crippen LogP contribution < -0.4 is 15.4 Å². The van der Waals surface area contributed by atoms with Crippen molar-refractivity contribution in [2.24, 2.45) is 0 Å². The van der Waals surface area contributed by atoms with Gasteiger partial charge in [0.15, 0.2) is 0 Å². The van der Waals surface area contributed by atoms with E-state index in [-0.39, 0.29) is 18.0 Å². The number of anilines is 1. The number of ether oxygens (including phenoxy) is 1. The Hall–Kier alpha value is -2.96. The predicted octanol–water partition coefficient (Wildman–Crippen LogP) is 3.12. The van der Waals surface area contributed by atoms with E-state index in [9.17, 15) is 18.4 Å². The Labute approximate surface area is 144 Å². The van der Waals surface area contributed by atoms with E-state index in [4.69, 9.17) is 4.74 Å². The second-order valence-corrected chi connectivity index (χ2v) is 5.47. The zero-order valence-corrected chi connectivity index (χ0v) is 13.8. The molecule has 0 heterocycles. The molecule has 2 aromatic carbocycles. The fourth-order valence-corrected chi connectivity index (χ4v) is 2.13. The molecule has 2 amide bonds. The smallest absolute Gasteiger partial charge is 0.254 e. The van der Waals surface area contributed by atoms with E-state index in [1.807, 2.05) is 0 Å². The van der Waals surface area contributed by atoms with Gasteiger partial charge in [-0.2, -0.15) is 0 Å². The van der Waals surface area contributed by atoms with Crippen LogP contribution in [-0.4, -0.2) is 24.5 Å². The molecule has 0 bridgehead atoms. The van der Waals surface area contributed by atoms with Crippen molar-refractivity contribution < 1.29 is 23.1 Å². The van der Waals surface area contributed by atoms with Crippen molar-refractivity contribution >= 4 is 17.5 Å². The maximum absolute atomic E-state index is 13.8. The highest BCUT2D eigenvalue weighted by Crippen LogP contribution is 2.16. The van der Waals surface area contributed by atoms with Crippen LogP contribution in [0.2, 0.25) is 0 Å². The minimum atomic E-state index is -0.703. The molecule has 0 aliphatic heterocycles. The summed E-state index contributed by atoms with van der Waals surface area (Å²) in [4.78, 5) is 23.2. The van der Waals surface area contributed by atoms with Crippen molar-refractivity contribution in [1.29, 1.82) is 0 Å². The zero-order valence-electron chi connectivity index (χ0n) is 13.8. The average molecular weight is 348 g/mol. The van der Waals surface area contributed by atoms with Crippen LogP contribution >= 0.6 is 0 Å². The molecule has 0 saturated carbocycles. The molecule has 132 valence electrons. The molecule has 2 rings (SSSR count). The second kappa shape index (κ2) is 8.23. The third kappa shape index (κ3) is 5.56. The Morgan fingerprint density at radius 1 is 1.16 bits per heavy atom. The van der Waals surface area contributed by atoms with Crippen molar-refractivity contribution in [1.82, 2.24) is 5.32 Å². The molecule has 7 heteroatoms. The van der Waals surface area contributed by atoms with Gasteiger partial charge < -0.3 is 15.4 Å². The molecule has 0 saturated heterocycles. The van der Waals surface area contributed by atoms with E-state index >= 15 is 0 Å². The summed E-state index contributed by atoms with van der Waals surface area (Å²) in [6, 6.07) is 9.36. The molecule has 2 aromatic rings. The maximum Gasteiger partial charge on any atom is 0.254 e. The number of hydrogen-bond donors (Lipinski definition) is 2. The van der Waals surface area contributed by atoms with Crippen LogP contribution in [0.4, 0.5) is 14.5 Å². The molecule has 5 nitrogen and oxygen atoms in total. The van der Waals surface area contributed by atoms with Gasteiger partial charge in [0.25, 0.3) is 5.91 Å². The van der Waals surface area contributed by atoms with E-state index in [1.54, 1.807) is 13.0 Å². The topological polar surface area (TPSA) is 67.4 Å². The molecule has 1 atom stereocenters. The monoisotopic (exact) mass is 348 g/mol. The number of carbonyl (C=O) groups is 2. The minimum absolute atomic E-state index is 0.0964. The number of hydrogen-bond acceptors (Lipinski definition) is 3. The Bertz CT molecular complexity index is 781. The number of halogens is 2. The lowest BCUT2D eigenvalue weighted by atomic mass is 10.1. The standard InChI is InChI=1S/C18H18F2N2O3/c1-11(25-15-5-3-4-13(19)8-15)10-21-18(24)16-9-14(22-12(2)23)6-7-17(16)20/h3-9,11H,10H2,1-2H3,(H,21,24)(H,22,23). The summed E-state index contributed by atoms with van der Waals surface area (Å²) >= 11 is 0. The molecule has 25 heavy (non-hydrogen) atoms. The van der Waals surface area contributed by atoms with Crippen LogP contribution in [0.3, 0.4) is 0 Å².